The van der Waals surface area contributed by atoms with Crippen LogP contribution in [-0.4, -0.2) is 61.9 Å². The van der Waals surface area contributed by atoms with Crippen LogP contribution in [-0.2, 0) is 14.8 Å². The van der Waals surface area contributed by atoms with Crippen molar-refractivity contribution in [3.05, 3.63) is 29.8 Å². The molecule has 1 N–H and O–H groups in total. The van der Waals surface area contributed by atoms with Crippen LogP contribution in [0, 0.1) is 5.92 Å². The Morgan fingerprint density at radius 2 is 1.77 bits per heavy atom. The third-order valence-corrected chi connectivity index (χ3v) is 6.30. The number of hydrogen-bond donors (Lipinski definition) is 1. The number of rotatable bonds is 4. The van der Waals surface area contributed by atoms with Crippen molar-refractivity contribution in [3.63, 3.8) is 0 Å². The van der Waals surface area contributed by atoms with E-state index in [4.69, 9.17) is 0 Å². The summed E-state index contributed by atoms with van der Waals surface area (Å²) in [6.07, 6.45) is 4.46. The maximum absolute atomic E-state index is 12.7. The maximum Gasteiger partial charge on any atom is 0.255 e. The van der Waals surface area contributed by atoms with Gasteiger partial charge in [-0.05, 0) is 37.8 Å². The van der Waals surface area contributed by atoms with E-state index in [1.807, 2.05) is 0 Å². The number of amides is 2. The second-order valence-corrected chi connectivity index (χ2v) is 8.98. The molecule has 2 saturated heterocycles. The van der Waals surface area contributed by atoms with Crippen LogP contribution in [0.1, 0.15) is 36.0 Å². The Kier molecular flexibility index (Phi) is 5.62. The molecule has 1 aromatic rings. The van der Waals surface area contributed by atoms with Gasteiger partial charge in [0.2, 0.25) is 15.9 Å². The maximum atomic E-state index is 12.7. The fourth-order valence-corrected chi connectivity index (χ4v) is 4.47. The fourth-order valence-electron chi connectivity index (χ4n) is 3.56. The largest absolute Gasteiger partial charge is 0.339 e. The first-order valence-corrected chi connectivity index (χ1v) is 10.9. The minimum Gasteiger partial charge on any atom is -0.339 e. The summed E-state index contributed by atoms with van der Waals surface area (Å²) in [5.74, 6) is -0.715. The molecule has 0 bridgehead atoms. The Balaban J connectivity index is 1.72. The van der Waals surface area contributed by atoms with E-state index in [1.165, 1.54) is 4.31 Å². The first-order chi connectivity index (χ1) is 12.4. The Morgan fingerprint density at radius 3 is 2.46 bits per heavy atom. The molecule has 8 heteroatoms. The van der Waals surface area contributed by atoms with E-state index in [1.54, 1.807) is 29.2 Å². The van der Waals surface area contributed by atoms with Gasteiger partial charge in [-0.3, -0.25) is 9.59 Å². The van der Waals surface area contributed by atoms with E-state index >= 15 is 0 Å². The number of carbonyl (C=O) groups excluding carboxylic acids is 2. The van der Waals surface area contributed by atoms with Gasteiger partial charge >= 0.3 is 0 Å². The summed E-state index contributed by atoms with van der Waals surface area (Å²) in [7, 11) is -3.31. The van der Waals surface area contributed by atoms with Gasteiger partial charge in [-0.25, -0.2) is 12.7 Å². The Labute approximate surface area is 154 Å². The molecule has 3 rings (SSSR count). The summed E-state index contributed by atoms with van der Waals surface area (Å²) in [6.45, 7) is 2.12. The Morgan fingerprint density at radius 1 is 1.08 bits per heavy atom. The molecule has 7 nitrogen and oxygen atoms in total. The lowest BCUT2D eigenvalue weighted by Crippen LogP contribution is -2.43. The second-order valence-electron chi connectivity index (χ2n) is 6.99. The van der Waals surface area contributed by atoms with E-state index in [0.717, 1.165) is 32.2 Å². The van der Waals surface area contributed by atoms with Gasteiger partial charge in [-0.15, -0.1) is 0 Å². The molecular weight excluding hydrogens is 354 g/mol. The number of nitrogens with one attached hydrogen (secondary N) is 1. The number of para-hydroxylation sites is 1. The van der Waals surface area contributed by atoms with Crippen molar-refractivity contribution in [1.82, 2.24) is 9.21 Å². The monoisotopic (exact) mass is 379 g/mol. The average molecular weight is 379 g/mol. The van der Waals surface area contributed by atoms with Crippen LogP contribution in [0.2, 0.25) is 0 Å². The van der Waals surface area contributed by atoms with Crippen LogP contribution >= 0.6 is 0 Å². The summed E-state index contributed by atoms with van der Waals surface area (Å²) in [5, 5.41) is 2.85. The standard InChI is InChI=1S/C18H25N3O4S/c1-26(24,25)21-12-6-7-14(13-21)17(22)19-16-9-3-2-8-15(16)18(23)20-10-4-5-11-20/h2-3,8-9,14H,4-7,10-13H2,1H3,(H,19,22)/t14-/m1/s1. The smallest absolute Gasteiger partial charge is 0.255 e. The van der Waals surface area contributed by atoms with Crippen LogP contribution in [0.15, 0.2) is 24.3 Å². The zero-order chi connectivity index (χ0) is 18.7. The van der Waals surface area contributed by atoms with E-state index < -0.39 is 15.9 Å². The van der Waals surface area contributed by atoms with Gasteiger partial charge in [-0.2, -0.15) is 0 Å². The highest BCUT2D eigenvalue weighted by molar-refractivity contribution is 7.88. The van der Waals surface area contributed by atoms with Gasteiger partial charge in [0.15, 0.2) is 0 Å². The molecule has 0 aliphatic carbocycles. The molecule has 26 heavy (non-hydrogen) atoms. The molecule has 2 aliphatic heterocycles. The number of carbonyl (C=O) groups is 2. The zero-order valence-electron chi connectivity index (χ0n) is 15.0. The number of hydrogen-bond acceptors (Lipinski definition) is 4. The normalized spacial score (nSPS) is 21.6. The zero-order valence-corrected chi connectivity index (χ0v) is 15.8. The van der Waals surface area contributed by atoms with Crippen molar-refractivity contribution in [2.45, 2.75) is 25.7 Å². The van der Waals surface area contributed by atoms with Crippen molar-refractivity contribution >= 4 is 27.5 Å². The molecule has 2 heterocycles. The predicted molar refractivity (Wildman–Crippen MR) is 99.4 cm³/mol. The molecule has 0 spiro atoms. The minimum atomic E-state index is -3.31. The lowest BCUT2D eigenvalue weighted by atomic mass is 9.98. The van der Waals surface area contributed by atoms with Crippen LogP contribution in [0.4, 0.5) is 5.69 Å². The molecule has 0 radical (unpaired) electrons. The van der Waals surface area contributed by atoms with Crippen LogP contribution in [0.25, 0.3) is 0 Å². The van der Waals surface area contributed by atoms with Crippen molar-refractivity contribution < 1.29 is 18.0 Å². The van der Waals surface area contributed by atoms with E-state index in [-0.39, 0.29) is 18.4 Å². The molecule has 2 fully saturated rings. The molecule has 0 saturated carbocycles. The lowest BCUT2D eigenvalue weighted by molar-refractivity contribution is -0.120. The van der Waals surface area contributed by atoms with Crippen LogP contribution in [0.3, 0.4) is 0 Å². The van der Waals surface area contributed by atoms with E-state index in [9.17, 15) is 18.0 Å². The van der Waals surface area contributed by atoms with E-state index in [2.05, 4.69) is 5.32 Å². The highest BCUT2D eigenvalue weighted by Gasteiger charge is 2.31. The number of nitrogens with zero attached hydrogens (tertiary/aromatic N) is 2. The first-order valence-electron chi connectivity index (χ1n) is 9.00. The SMILES string of the molecule is CS(=O)(=O)N1CCC[C@@H](C(=O)Nc2ccccc2C(=O)N2CCCC2)C1. The van der Waals surface area contributed by atoms with Crippen molar-refractivity contribution in [1.29, 1.82) is 0 Å². The minimum absolute atomic E-state index is 0.0696. The Bertz CT molecular complexity index is 787. The molecule has 142 valence electrons. The third kappa shape index (κ3) is 4.24. The number of sulfonamides is 1. The van der Waals surface area contributed by atoms with Gasteiger partial charge in [-0.1, -0.05) is 12.1 Å². The van der Waals surface area contributed by atoms with E-state index in [0.29, 0.717) is 30.6 Å². The number of piperidine rings is 1. The average Bonchev–Trinajstić information content (AvgIpc) is 3.15. The summed E-state index contributed by atoms with van der Waals surface area (Å²) in [5.41, 5.74) is 0.976. The second kappa shape index (κ2) is 7.75. The fraction of sp³-hybridized carbons (Fsp3) is 0.556. The van der Waals surface area contributed by atoms with Gasteiger partial charge in [0.1, 0.15) is 0 Å². The van der Waals surface area contributed by atoms with Gasteiger partial charge < -0.3 is 10.2 Å². The van der Waals surface area contributed by atoms with Crippen molar-refractivity contribution in [2.75, 3.05) is 37.8 Å². The molecule has 1 aromatic carbocycles. The van der Waals surface area contributed by atoms with Crippen LogP contribution in [0.5, 0.6) is 0 Å². The quantitative estimate of drug-likeness (QED) is 0.860. The molecule has 1 atom stereocenters. The highest BCUT2D eigenvalue weighted by Crippen LogP contribution is 2.24. The number of likely N-dealkylation sites (tertiary alicyclic amines) is 1. The molecule has 2 aliphatic rings. The first kappa shape index (κ1) is 18.8. The predicted octanol–water partition coefficient (Wildman–Crippen LogP) is 1.53. The number of anilines is 1. The topological polar surface area (TPSA) is 86.8 Å². The molecular formula is C18H25N3O4S. The highest BCUT2D eigenvalue weighted by atomic mass is 32.2. The number of benzene rings is 1. The molecule has 0 unspecified atom stereocenters. The lowest BCUT2D eigenvalue weighted by Gasteiger charge is -2.30. The van der Waals surface area contributed by atoms with Gasteiger partial charge in [0.25, 0.3) is 5.91 Å². The third-order valence-electron chi connectivity index (χ3n) is 5.03. The summed E-state index contributed by atoms with van der Waals surface area (Å²) in [6, 6.07) is 7.00. The molecule has 2 amide bonds. The summed E-state index contributed by atoms with van der Waals surface area (Å²) in [4.78, 5) is 27.2. The van der Waals surface area contributed by atoms with Gasteiger partial charge in [0.05, 0.1) is 23.4 Å². The Hall–Kier alpha value is -1.93. The van der Waals surface area contributed by atoms with Crippen molar-refractivity contribution in [2.24, 2.45) is 5.92 Å². The summed E-state index contributed by atoms with van der Waals surface area (Å²) < 4.78 is 24.8. The van der Waals surface area contributed by atoms with Crippen LogP contribution < -0.4 is 5.32 Å². The molecule has 0 aromatic heterocycles. The van der Waals surface area contributed by atoms with Gasteiger partial charge in [0, 0.05) is 26.2 Å². The van der Waals surface area contributed by atoms with Crippen molar-refractivity contribution in [3.8, 4) is 0 Å². The summed E-state index contributed by atoms with van der Waals surface area (Å²) >= 11 is 0.